The van der Waals surface area contributed by atoms with E-state index >= 15 is 0 Å². The SMILES string of the molecule is CC1CCN(c2ccc(CNC(=O)NCCO)cn2)CC1. The molecule has 0 aliphatic carbocycles. The quantitative estimate of drug-likeness (QED) is 0.760. The Kier molecular flexibility index (Phi) is 5.80. The van der Waals surface area contributed by atoms with E-state index in [1.54, 1.807) is 6.20 Å². The highest BCUT2D eigenvalue weighted by Gasteiger charge is 2.16. The summed E-state index contributed by atoms with van der Waals surface area (Å²) >= 11 is 0. The summed E-state index contributed by atoms with van der Waals surface area (Å²) in [5, 5.41) is 13.9. The monoisotopic (exact) mass is 292 g/mol. The van der Waals surface area contributed by atoms with E-state index in [9.17, 15) is 4.79 Å². The van der Waals surface area contributed by atoms with Gasteiger partial charge in [-0.25, -0.2) is 9.78 Å². The van der Waals surface area contributed by atoms with Gasteiger partial charge in [0.05, 0.1) is 6.61 Å². The number of aromatic nitrogens is 1. The lowest BCUT2D eigenvalue weighted by Crippen LogP contribution is -2.36. The molecule has 1 aliphatic heterocycles. The van der Waals surface area contributed by atoms with Gasteiger partial charge in [0.15, 0.2) is 0 Å². The minimum atomic E-state index is -0.279. The van der Waals surface area contributed by atoms with Crippen LogP contribution in [0.1, 0.15) is 25.3 Å². The van der Waals surface area contributed by atoms with Crippen LogP contribution in [0.15, 0.2) is 18.3 Å². The van der Waals surface area contributed by atoms with Gasteiger partial charge in [-0.1, -0.05) is 13.0 Å². The molecular weight excluding hydrogens is 268 g/mol. The van der Waals surface area contributed by atoms with E-state index in [1.807, 2.05) is 12.1 Å². The molecule has 0 spiro atoms. The number of hydrogen-bond acceptors (Lipinski definition) is 4. The van der Waals surface area contributed by atoms with Gasteiger partial charge in [0, 0.05) is 32.4 Å². The standard InChI is InChI=1S/C15H24N4O2/c1-12-4-7-19(8-5-12)14-3-2-13(10-17-14)11-18-15(21)16-6-9-20/h2-3,10,12,20H,4-9,11H2,1H3,(H2,16,18,21). The average Bonchev–Trinajstić information content (AvgIpc) is 2.52. The van der Waals surface area contributed by atoms with Gasteiger partial charge in [0.2, 0.25) is 0 Å². The highest BCUT2D eigenvalue weighted by Crippen LogP contribution is 2.21. The smallest absolute Gasteiger partial charge is 0.315 e. The molecule has 1 saturated heterocycles. The van der Waals surface area contributed by atoms with Crippen LogP contribution in [0.5, 0.6) is 0 Å². The number of piperidine rings is 1. The summed E-state index contributed by atoms with van der Waals surface area (Å²) in [6.07, 6.45) is 4.24. The summed E-state index contributed by atoms with van der Waals surface area (Å²) < 4.78 is 0. The van der Waals surface area contributed by atoms with Gasteiger partial charge in [-0.05, 0) is 30.4 Å². The average molecular weight is 292 g/mol. The third-order valence-electron chi connectivity index (χ3n) is 3.77. The number of anilines is 1. The largest absolute Gasteiger partial charge is 0.395 e. The van der Waals surface area contributed by atoms with Crippen LogP contribution in [-0.4, -0.2) is 42.4 Å². The molecule has 116 valence electrons. The first kappa shape index (κ1) is 15.6. The van der Waals surface area contributed by atoms with Crippen molar-refractivity contribution in [1.29, 1.82) is 0 Å². The molecule has 1 aromatic rings. The molecule has 2 amide bonds. The number of hydrogen-bond donors (Lipinski definition) is 3. The van der Waals surface area contributed by atoms with E-state index in [1.165, 1.54) is 12.8 Å². The summed E-state index contributed by atoms with van der Waals surface area (Å²) in [7, 11) is 0. The third-order valence-corrected chi connectivity index (χ3v) is 3.77. The Labute approximate surface area is 125 Å². The number of aliphatic hydroxyl groups excluding tert-OH is 1. The third kappa shape index (κ3) is 4.90. The van der Waals surface area contributed by atoms with E-state index in [0.29, 0.717) is 6.54 Å². The Bertz CT molecular complexity index is 441. The van der Waals surface area contributed by atoms with Crippen LogP contribution in [0.2, 0.25) is 0 Å². The van der Waals surface area contributed by atoms with Crippen LogP contribution in [-0.2, 0) is 6.54 Å². The summed E-state index contributed by atoms with van der Waals surface area (Å²) in [6, 6.07) is 3.73. The Morgan fingerprint density at radius 1 is 1.38 bits per heavy atom. The molecule has 0 atom stereocenters. The highest BCUT2D eigenvalue weighted by atomic mass is 16.3. The molecule has 6 heteroatoms. The van der Waals surface area contributed by atoms with Crippen molar-refractivity contribution in [1.82, 2.24) is 15.6 Å². The Morgan fingerprint density at radius 2 is 2.14 bits per heavy atom. The first-order valence-electron chi connectivity index (χ1n) is 7.51. The first-order chi connectivity index (χ1) is 10.2. The number of amides is 2. The van der Waals surface area contributed by atoms with Crippen molar-refractivity contribution in [2.45, 2.75) is 26.3 Å². The van der Waals surface area contributed by atoms with Crippen molar-refractivity contribution < 1.29 is 9.90 Å². The van der Waals surface area contributed by atoms with Crippen LogP contribution in [0, 0.1) is 5.92 Å². The molecule has 1 aliphatic rings. The Morgan fingerprint density at radius 3 is 2.76 bits per heavy atom. The molecule has 0 saturated carbocycles. The second-order valence-corrected chi connectivity index (χ2v) is 5.53. The van der Waals surface area contributed by atoms with Gasteiger partial charge in [-0.15, -0.1) is 0 Å². The number of carbonyl (C=O) groups is 1. The van der Waals surface area contributed by atoms with Crippen molar-refractivity contribution in [3.63, 3.8) is 0 Å². The van der Waals surface area contributed by atoms with Crippen molar-refractivity contribution >= 4 is 11.8 Å². The van der Waals surface area contributed by atoms with Crippen LogP contribution >= 0.6 is 0 Å². The normalized spacial score (nSPS) is 15.8. The molecule has 0 radical (unpaired) electrons. The van der Waals surface area contributed by atoms with E-state index in [-0.39, 0.29) is 19.2 Å². The van der Waals surface area contributed by atoms with Crippen LogP contribution < -0.4 is 15.5 Å². The van der Waals surface area contributed by atoms with Gasteiger partial charge >= 0.3 is 6.03 Å². The van der Waals surface area contributed by atoms with Crippen molar-refractivity contribution in [2.75, 3.05) is 31.1 Å². The number of pyridine rings is 1. The van der Waals surface area contributed by atoms with Gasteiger partial charge in [-0.3, -0.25) is 0 Å². The maximum Gasteiger partial charge on any atom is 0.315 e. The number of nitrogens with one attached hydrogen (secondary N) is 2. The molecule has 3 N–H and O–H groups in total. The van der Waals surface area contributed by atoms with Crippen LogP contribution in [0.25, 0.3) is 0 Å². The fraction of sp³-hybridized carbons (Fsp3) is 0.600. The number of nitrogens with zero attached hydrogens (tertiary/aromatic N) is 2. The van der Waals surface area contributed by atoms with Crippen molar-refractivity contribution in [2.24, 2.45) is 5.92 Å². The predicted molar refractivity (Wildman–Crippen MR) is 82.2 cm³/mol. The minimum Gasteiger partial charge on any atom is -0.395 e. The van der Waals surface area contributed by atoms with Crippen LogP contribution in [0.4, 0.5) is 10.6 Å². The first-order valence-corrected chi connectivity index (χ1v) is 7.51. The van der Waals surface area contributed by atoms with E-state index in [0.717, 1.165) is 30.4 Å². The molecule has 1 fully saturated rings. The van der Waals surface area contributed by atoms with Crippen LogP contribution in [0.3, 0.4) is 0 Å². The number of carbonyl (C=O) groups excluding carboxylic acids is 1. The molecule has 2 rings (SSSR count). The summed E-state index contributed by atoms with van der Waals surface area (Å²) in [5.74, 6) is 1.82. The van der Waals surface area contributed by atoms with Gasteiger partial charge < -0.3 is 20.6 Å². The van der Waals surface area contributed by atoms with E-state index in [4.69, 9.17) is 5.11 Å². The maximum atomic E-state index is 11.4. The zero-order chi connectivity index (χ0) is 15.1. The van der Waals surface area contributed by atoms with Crippen molar-refractivity contribution in [3.05, 3.63) is 23.9 Å². The highest BCUT2D eigenvalue weighted by molar-refractivity contribution is 5.73. The molecule has 0 aromatic carbocycles. The van der Waals surface area contributed by atoms with Gasteiger partial charge in [-0.2, -0.15) is 0 Å². The second-order valence-electron chi connectivity index (χ2n) is 5.53. The molecule has 2 heterocycles. The predicted octanol–water partition coefficient (Wildman–Crippen LogP) is 1.11. The fourth-order valence-electron chi connectivity index (χ4n) is 2.36. The maximum absolute atomic E-state index is 11.4. The summed E-state index contributed by atoms with van der Waals surface area (Å²) in [4.78, 5) is 18.2. The topological polar surface area (TPSA) is 77.5 Å². The molecular formula is C15H24N4O2. The molecule has 21 heavy (non-hydrogen) atoms. The molecule has 6 nitrogen and oxygen atoms in total. The number of rotatable bonds is 5. The summed E-state index contributed by atoms with van der Waals surface area (Å²) in [6.45, 7) is 5.06. The molecule has 0 unspecified atom stereocenters. The molecule has 0 bridgehead atoms. The van der Waals surface area contributed by atoms with E-state index < -0.39 is 0 Å². The number of aliphatic hydroxyl groups is 1. The lowest BCUT2D eigenvalue weighted by Gasteiger charge is -2.31. The molecule has 1 aromatic heterocycles. The second kappa shape index (κ2) is 7.83. The van der Waals surface area contributed by atoms with Gasteiger partial charge in [0.25, 0.3) is 0 Å². The zero-order valence-corrected chi connectivity index (χ0v) is 12.5. The van der Waals surface area contributed by atoms with E-state index in [2.05, 4.69) is 27.4 Å². The Balaban J connectivity index is 1.80. The van der Waals surface area contributed by atoms with Crippen molar-refractivity contribution in [3.8, 4) is 0 Å². The lowest BCUT2D eigenvalue weighted by atomic mass is 9.99. The Hall–Kier alpha value is -1.82. The zero-order valence-electron chi connectivity index (χ0n) is 12.5. The lowest BCUT2D eigenvalue weighted by molar-refractivity contribution is 0.234. The summed E-state index contributed by atoms with van der Waals surface area (Å²) in [5.41, 5.74) is 0.961. The fourth-order valence-corrected chi connectivity index (χ4v) is 2.36. The van der Waals surface area contributed by atoms with Gasteiger partial charge in [0.1, 0.15) is 5.82 Å². The minimum absolute atomic E-state index is 0.0574. The number of urea groups is 1.